The van der Waals surface area contributed by atoms with Crippen LogP contribution in [-0.4, -0.2) is 10.9 Å². The second kappa shape index (κ2) is 5.27. The van der Waals surface area contributed by atoms with E-state index in [1.807, 2.05) is 0 Å². The van der Waals surface area contributed by atoms with Crippen LogP contribution in [0.5, 0.6) is 0 Å². The first-order chi connectivity index (χ1) is 12.3. The van der Waals surface area contributed by atoms with Crippen molar-refractivity contribution in [1.82, 2.24) is 4.98 Å². The minimum absolute atomic E-state index is 0.0579. The number of aromatic nitrogens is 1. The van der Waals surface area contributed by atoms with Gasteiger partial charge >= 0.3 is 6.18 Å². The van der Waals surface area contributed by atoms with E-state index < -0.39 is 11.9 Å². The van der Waals surface area contributed by atoms with Gasteiger partial charge in [0.2, 0.25) is 5.91 Å². The summed E-state index contributed by atoms with van der Waals surface area (Å²) in [4.78, 5) is 15.5. The Kier molecular flexibility index (Phi) is 3.29. The standard InChI is InChI=1S/C20H21F3N2O/c21-20(22,23)17-7-14-6-15(1-2-16(14)25-17)24-18(26)19-8-11-3-12(9-19)5-13(4-11)10-19/h1-2,6-7,11-13,25H,3-5,8-10H2,(H,24,26). The molecule has 0 radical (unpaired) electrons. The first-order valence-corrected chi connectivity index (χ1v) is 9.32. The molecule has 4 aliphatic carbocycles. The van der Waals surface area contributed by atoms with Gasteiger partial charge in [0.25, 0.3) is 0 Å². The Hall–Kier alpha value is -1.98. The lowest BCUT2D eigenvalue weighted by atomic mass is 9.49. The quantitative estimate of drug-likeness (QED) is 0.744. The molecule has 1 amide bonds. The highest BCUT2D eigenvalue weighted by Gasteiger charge is 2.54. The third kappa shape index (κ3) is 2.53. The van der Waals surface area contributed by atoms with Crippen LogP contribution < -0.4 is 5.32 Å². The number of benzene rings is 1. The predicted molar refractivity (Wildman–Crippen MR) is 92.5 cm³/mol. The van der Waals surface area contributed by atoms with Crippen molar-refractivity contribution in [3.8, 4) is 0 Å². The van der Waals surface area contributed by atoms with E-state index in [4.69, 9.17) is 0 Å². The number of aromatic amines is 1. The monoisotopic (exact) mass is 362 g/mol. The molecular weight excluding hydrogens is 341 g/mol. The van der Waals surface area contributed by atoms with Crippen LogP contribution in [0.15, 0.2) is 24.3 Å². The molecule has 4 bridgehead atoms. The number of anilines is 1. The Labute approximate surface area is 149 Å². The van der Waals surface area contributed by atoms with Crippen LogP contribution in [0.25, 0.3) is 10.9 Å². The van der Waals surface area contributed by atoms with Crippen molar-refractivity contribution in [3.63, 3.8) is 0 Å². The van der Waals surface area contributed by atoms with E-state index in [9.17, 15) is 18.0 Å². The van der Waals surface area contributed by atoms with E-state index >= 15 is 0 Å². The normalized spacial score (nSPS) is 33.0. The number of hydrogen-bond donors (Lipinski definition) is 2. The molecule has 0 spiro atoms. The molecule has 0 saturated heterocycles. The van der Waals surface area contributed by atoms with Gasteiger partial charge in [0.15, 0.2) is 0 Å². The van der Waals surface area contributed by atoms with Gasteiger partial charge in [0.1, 0.15) is 5.69 Å². The van der Waals surface area contributed by atoms with Gasteiger partial charge in [0.05, 0.1) is 5.41 Å². The molecule has 1 aromatic heterocycles. The summed E-state index contributed by atoms with van der Waals surface area (Å²) in [6, 6.07) is 5.99. The maximum Gasteiger partial charge on any atom is 0.431 e. The van der Waals surface area contributed by atoms with Gasteiger partial charge in [-0.25, -0.2) is 0 Å². The Morgan fingerprint density at radius 2 is 1.65 bits per heavy atom. The van der Waals surface area contributed by atoms with Crippen LogP contribution in [0.1, 0.15) is 44.2 Å². The third-order valence-electron chi connectivity index (χ3n) is 6.70. The number of alkyl halides is 3. The molecule has 4 saturated carbocycles. The highest BCUT2D eigenvalue weighted by atomic mass is 19.4. The minimum Gasteiger partial charge on any atom is -0.351 e. The molecule has 1 aromatic carbocycles. The topological polar surface area (TPSA) is 44.9 Å². The molecule has 6 rings (SSSR count). The molecule has 6 heteroatoms. The molecule has 0 atom stereocenters. The minimum atomic E-state index is -4.40. The summed E-state index contributed by atoms with van der Waals surface area (Å²) >= 11 is 0. The van der Waals surface area contributed by atoms with Crippen LogP contribution >= 0.6 is 0 Å². The van der Waals surface area contributed by atoms with Crippen LogP contribution in [-0.2, 0) is 11.0 Å². The van der Waals surface area contributed by atoms with E-state index in [0.29, 0.717) is 34.3 Å². The van der Waals surface area contributed by atoms with Crippen molar-refractivity contribution < 1.29 is 18.0 Å². The van der Waals surface area contributed by atoms with E-state index in [2.05, 4.69) is 10.3 Å². The summed E-state index contributed by atoms with van der Waals surface area (Å²) in [5.41, 5.74) is -0.0351. The van der Waals surface area contributed by atoms with Gasteiger partial charge < -0.3 is 10.3 Å². The molecule has 0 unspecified atom stereocenters. The summed E-state index contributed by atoms with van der Waals surface area (Å²) in [5, 5.41) is 3.46. The summed E-state index contributed by atoms with van der Waals surface area (Å²) in [6.07, 6.45) is 2.30. The van der Waals surface area contributed by atoms with Crippen molar-refractivity contribution in [3.05, 3.63) is 30.0 Å². The molecular formula is C20H21F3N2O. The van der Waals surface area contributed by atoms with Crippen molar-refractivity contribution in [1.29, 1.82) is 0 Å². The van der Waals surface area contributed by atoms with Crippen molar-refractivity contribution in [2.75, 3.05) is 5.32 Å². The van der Waals surface area contributed by atoms with Gasteiger partial charge in [-0.05, 0) is 80.5 Å². The number of hydrogen-bond acceptors (Lipinski definition) is 1. The smallest absolute Gasteiger partial charge is 0.351 e. The lowest BCUT2D eigenvalue weighted by Gasteiger charge is -2.55. The highest BCUT2D eigenvalue weighted by Crippen LogP contribution is 2.60. The first-order valence-electron chi connectivity index (χ1n) is 9.32. The van der Waals surface area contributed by atoms with Gasteiger partial charge in [-0.15, -0.1) is 0 Å². The number of halogens is 3. The molecule has 2 N–H and O–H groups in total. The van der Waals surface area contributed by atoms with Crippen molar-refractivity contribution >= 4 is 22.5 Å². The molecule has 4 fully saturated rings. The number of rotatable bonds is 2. The molecule has 26 heavy (non-hydrogen) atoms. The van der Waals surface area contributed by atoms with Crippen LogP contribution in [0.4, 0.5) is 18.9 Å². The Bertz CT molecular complexity index is 848. The van der Waals surface area contributed by atoms with Gasteiger partial charge in [-0.3, -0.25) is 4.79 Å². The fraction of sp³-hybridized carbons (Fsp3) is 0.550. The van der Waals surface area contributed by atoms with E-state index in [1.165, 1.54) is 19.3 Å². The average molecular weight is 362 g/mol. The van der Waals surface area contributed by atoms with Gasteiger partial charge in [-0.2, -0.15) is 13.2 Å². The van der Waals surface area contributed by atoms with Crippen molar-refractivity contribution in [2.24, 2.45) is 23.2 Å². The Morgan fingerprint density at radius 1 is 1.04 bits per heavy atom. The molecule has 138 valence electrons. The van der Waals surface area contributed by atoms with Gasteiger partial charge in [-0.1, -0.05) is 0 Å². The molecule has 4 aliphatic rings. The van der Waals surface area contributed by atoms with Gasteiger partial charge in [0, 0.05) is 16.6 Å². The van der Waals surface area contributed by atoms with Crippen molar-refractivity contribution in [2.45, 2.75) is 44.7 Å². The Balaban J connectivity index is 1.40. The average Bonchev–Trinajstić information content (AvgIpc) is 2.97. The lowest BCUT2D eigenvalue weighted by molar-refractivity contribution is -0.141. The second-order valence-corrected chi connectivity index (χ2v) is 8.63. The summed E-state index contributed by atoms with van der Waals surface area (Å²) < 4.78 is 38.6. The first kappa shape index (κ1) is 16.2. The molecule has 3 nitrogen and oxygen atoms in total. The Morgan fingerprint density at radius 3 is 2.23 bits per heavy atom. The molecule has 1 heterocycles. The lowest BCUT2D eigenvalue weighted by Crippen LogP contribution is -2.51. The maximum absolute atomic E-state index is 13.1. The summed E-state index contributed by atoms with van der Waals surface area (Å²) in [7, 11) is 0. The summed E-state index contributed by atoms with van der Waals surface area (Å²) in [5.74, 6) is 2.08. The molecule has 2 aromatic rings. The fourth-order valence-electron chi connectivity index (χ4n) is 6.02. The zero-order chi connectivity index (χ0) is 18.1. The summed E-state index contributed by atoms with van der Waals surface area (Å²) in [6.45, 7) is 0. The van der Waals surface area contributed by atoms with Crippen LogP contribution in [0.2, 0.25) is 0 Å². The van der Waals surface area contributed by atoms with E-state index in [0.717, 1.165) is 25.3 Å². The highest BCUT2D eigenvalue weighted by molar-refractivity contribution is 5.97. The van der Waals surface area contributed by atoms with E-state index in [1.54, 1.807) is 18.2 Å². The fourth-order valence-corrected chi connectivity index (χ4v) is 6.02. The number of fused-ring (bicyclic) bond motifs is 1. The SMILES string of the molecule is O=C(Nc1ccc2[nH]c(C(F)(F)F)cc2c1)C12CC3CC(CC(C3)C1)C2. The van der Waals surface area contributed by atoms with Crippen LogP contribution in [0, 0.1) is 23.2 Å². The number of amides is 1. The number of H-pyrrole nitrogens is 1. The number of carbonyl (C=O) groups is 1. The maximum atomic E-state index is 13.1. The van der Waals surface area contributed by atoms with Crippen LogP contribution in [0.3, 0.4) is 0 Å². The molecule has 0 aliphatic heterocycles. The largest absolute Gasteiger partial charge is 0.431 e. The number of nitrogens with one attached hydrogen (secondary N) is 2. The zero-order valence-corrected chi connectivity index (χ0v) is 14.3. The zero-order valence-electron chi connectivity index (χ0n) is 14.3. The number of carbonyl (C=O) groups excluding carboxylic acids is 1. The van der Waals surface area contributed by atoms with E-state index in [-0.39, 0.29) is 11.3 Å². The predicted octanol–water partition coefficient (Wildman–Crippen LogP) is 5.34. The second-order valence-electron chi connectivity index (χ2n) is 8.63. The third-order valence-corrected chi connectivity index (χ3v) is 6.70.